The molecule has 0 atom stereocenters. The predicted octanol–water partition coefficient (Wildman–Crippen LogP) is 3.93. The van der Waals surface area contributed by atoms with Gasteiger partial charge in [0, 0.05) is 28.0 Å². The SMILES string of the molecule is COc1cc(C=Nc2ccc(Br)cc2)c(N)cc1F. The zero-order chi connectivity index (χ0) is 13.8. The van der Waals surface area contributed by atoms with Crippen LogP contribution in [-0.4, -0.2) is 13.3 Å². The first-order valence-corrected chi connectivity index (χ1v) is 6.32. The van der Waals surface area contributed by atoms with Gasteiger partial charge in [-0.05, 0) is 30.3 Å². The molecule has 2 rings (SSSR count). The van der Waals surface area contributed by atoms with Crippen LogP contribution in [0.3, 0.4) is 0 Å². The van der Waals surface area contributed by atoms with Gasteiger partial charge in [-0.25, -0.2) is 4.39 Å². The quantitative estimate of drug-likeness (QED) is 0.687. The third-order valence-corrected chi connectivity index (χ3v) is 3.07. The maximum Gasteiger partial charge on any atom is 0.167 e. The van der Waals surface area contributed by atoms with Crippen molar-refractivity contribution in [3.8, 4) is 5.75 Å². The fourth-order valence-corrected chi connectivity index (χ4v) is 1.79. The Morgan fingerprint density at radius 2 is 1.95 bits per heavy atom. The first kappa shape index (κ1) is 13.5. The molecule has 0 heterocycles. The fourth-order valence-electron chi connectivity index (χ4n) is 1.52. The number of rotatable bonds is 3. The van der Waals surface area contributed by atoms with Crippen molar-refractivity contribution in [3.05, 3.63) is 52.3 Å². The molecule has 2 aromatic carbocycles. The Morgan fingerprint density at radius 1 is 1.26 bits per heavy atom. The van der Waals surface area contributed by atoms with E-state index in [-0.39, 0.29) is 5.75 Å². The van der Waals surface area contributed by atoms with Crippen LogP contribution < -0.4 is 10.5 Å². The highest BCUT2D eigenvalue weighted by Crippen LogP contribution is 2.23. The molecule has 2 N–H and O–H groups in total. The van der Waals surface area contributed by atoms with E-state index in [0.717, 1.165) is 10.2 Å². The second-order valence-corrected chi connectivity index (χ2v) is 4.77. The first-order valence-electron chi connectivity index (χ1n) is 5.53. The molecule has 2 aromatic rings. The van der Waals surface area contributed by atoms with Gasteiger partial charge in [-0.1, -0.05) is 15.9 Å². The van der Waals surface area contributed by atoms with Crippen molar-refractivity contribution in [2.75, 3.05) is 12.8 Å². The number of aliphatic imine (C=N–C) groups is 1. The van der Waals surface area contributed by atoms with Gasteiger partial charge in [0.1, 0.15) is 0 Å². The second kappa shape index (κ2) is 5.84. The summed E-state index contributed by atoms with van der Waals surface area (Å²) in [5.41, 5.74) is 7.45. The molecule has 0 aliphatic rings. The van der Waals surface area contributed by atoms with Crippen LogP contribution in [0.4, 0.5) is 15.8 Å². The van der Waals surface area contributed by atoms with Crippen molar-refractivity contribution in [1.82, 2.24) is 0 Å². The Balaban J connectivity index is 2.30. The molecular formula is C14H12BrFN2O. The van der Waals surface area contributed by atoms with Crippen LogP contribution in [0.15, 0.2) is 45.9 Å². The van der Waals surface area contributed by atoms with E-state index in [1.165, 1.54) is 19.2 Å². The van der Waals surface area contributed by atoms with Gasteiger partial charge in [-0.3, -0.25) is 4.99 Å². The number of nitrogen functional groups attached to an aromatic ring is 1. The summed E-state index contributed by atoms with van der Waals surface area (Å²) in [6.45, 7) is 0. The molecule has 0 amide bonds. The van der Waals surface area contributed by atoms with E-state index >= 15 is 0 Å². The van der Waals surface area contributed by atoms with Gasteiger partial charge in [-0.15, -0.1) is 0 Å². The van der Waals surface area contributed by atoms with Crippen LogP contribution >= 0.6 is 15.9 Å². The number of benzene rings is 2. The van der Waals surface area contributed by atoms with Gasteiger partial charge in [0.2, 0.25) is 0 Å². The first-order chi connectivity index (χ1) is 9.10. The molecule has 98 valence electrons. The maximum absolute atomic E-state index is 13.4. The summed E-state index contributed by atoms with van der Waals surface area (Å²) in [4.78, 5) is 4.28. The minimum Gasteiger partial charge on any atom is -0.494 e. The Kier molecular flexibility index (Phi) is 4.16. The molecule has 0 radical (unpaired) electrons. The fraction of sp³-hybridized carbons (Fsp3) is 0.0714. The molecule has 0 unspecified atom stereocenters. The van der Waals surface area contributed by atoms with Crippen molar-refractivity contribution < 1.29 is 9.13 Å². The molecular weight excluding hydrogens is 311 g/mol. The smallest absolute Gasteiger partial charge is 0.167 e. The van der Waals surface area contributed by atoms with E-state index in [0.29, 0.717) is 11.3 Å². The molecule has 0 spiro atoms. The zero-order valence-corrected chi connectivity index (χ0v) is 11.8. The van der Waals surface area contributed by atoms with Gasteiger partial charge in [0.15, 0.2) is 11.6 Å². The van der Waals surface area contributed by atoms with E-state index in [9.17, 15) is 4.39 Å². The average molecular weight is 323 g/mol. The number of nitrogens with two attached hydrogens (primary N) is 1. The van der Waals surface area contributed by atoms with Crippen LogP contribution in [0.1, 0.15) is 5.56 Å². The van der Waals surface area contributed by atoms with Crippen molar-refractivity contribution in [2.24, 2.45) is 4.99 Å². The van der Waals surface area contributed by atoms with E-state index in [4.69, 9.17) is 10.5 Å². The van der Waals surface area contributed by atoms with Crippen LogP contribution in [-0.2, 0) is 0 Å². The number of halogens is 2. The highest BCUT2D eigenvalue weighted by Gasteiger charge is 2.06. The normalized spacial score (nSPS) is 10.9. The summed E-state index contributed by atoms with van der Waals surface area (Å²) in [7, 11) is 1.41. The van der Waals surface area contributed by atoms with Crippen molar-refractivity contribution in [2.45, 2.75) is 0 Å². The molecule has 3 nitrogen and oxygen atoms in total. The number of nitrogens with zero attached hydrogens (tertiary/aromatic N) is 1. The molecule has 0 saturated heterocycles. The third kappa shape index (κ3) is 3.32. The lowest BCUT2D eigenvalue weighted by molar-refractivity contribution is 0.386. The molecule has 0 aliphatic heterocycles. The summed E-state index contributed by atoms with van der Waals surface area (Å²) in [6, 6.07) is 10.2. The molecule has 0 bridgehead atoms. The van der Waals surface area contributed by atoms with Crippen molar-refractivity contribution >= 4 is 33.5 Å². The van der Waals surface area contributed by atoms with E-state index < -0.39 is 5.82 Å². The van der Waals surface area contributed by atoms with E-state index in [1.54, 1.807) is 6.21 Å². The number of ether oxygens (including phenoxy) is 1. The van der Waals surface area contributed by atoms with Crippen LogP contribution in [0, 0.1) is 5.82 Å². The van der Waals surface area contributed by atoms with Gasteiger partial charge in [0.05, 0.1) is 12.8 Å². The van der Waals surface area contributed by atoms with Crippen LogP contribution in [0.2, 0.25) is 0 Å². The van der Waals surface area contributed by atoms with Gasteiger partial charge < -0.3 is 10.5 Å². The largest absolute Gasteiger partial charge is 0.494 e. The topological polar surface area (TPSA) is 47.6 Å². The molecule has 19 heavy (non-hydrogen) atoms. The Labute approximate surface area is 119 Å². The Hall–Kier alpha value is -1.88. The Bertz CT molecular complexity index is 612. The highest BCUT2D eigenvalue weighted by atomic mass is 79.9. The lowest BCUT2D eigenvalue weighted by atomic mass is 10.2. The molecule has 0 saturated carbocycles. The molecule has 0 fully saturated rings. The standard InChI is InChI=1S/C14H12BrFN2O/c1-19-14-6-9(13(17)7-12(14)16)8-18-11-4-2-10(15)3-5-11/h2-8H,17H2,1H3. The van der Waals surface area contributed by atoms with Crippen molar-refractivity contribution in [3.63, 3.8) is 0 Å². The predicted molar refractivity (Wildman–Crippen MR) is 78.8 cm³/mol. The lowest BCUT2D eigenvalue weighted by Crippen LogP contribution is -1.97. The maximum atomic E-state index is 13.4. The molecule has 0 aliphatic carbocycles. The minimum atomic E-state index is -0.485. The zero-order valence-electron chi connectivity index (χ0n) is 10.2. The second-order valence-electron chi connectivity index (χ2n) is 3.85. The van der Waals surface area contributed by atoms with E-state index in [1.807, 2.05) is 24.3 Å². The van der Waals surface area contributed by atoms with Crippen molar-refractivity contribution in [1.29, 1.82) is 0 Å². The lowest BCUT2D eigenvalue weighted by Gasteiger charge is -2.05. The summed E-state index contributed by atoms with van der Waals surface area (Å²) >= 11 is 3.35. The summed E-state index contributed by atoms with van der Waals surface area (Å²) in [6.07, 6.45) is 1.58. The highest BCUT2D eigenvalue weighted by molar-refractivity contribution is 9.10. The van der Waals surface area contributed by atoms with Crippen LogP contribution in [0.25, 0.3) is 0 Å². The Morgan fingerprint density at radius 3 is 2.58 bits per heavy atom. The summed E-state index contributed by atoms with van der Waals surface area (Å²) in [5, 5.41) is 0. The minimum absolute atomic E-state index is 0.145. The summed E-state index contributed by atoms with van der Waals surface area (Å²) in [5.74, 6) is -0.341. The number of methoxy groups -OCH3 is 1. The molecule has 0 aromatic heterocycles. The van der Waals surface area contributed by atoms with Crippen LogP contribution in [0.5, 0.6) is 5.75 Å². The number of anilines is 1. The van der Waals surface area contributed by atoms with Gasteiger partial charge in [0.25, 0.3) is 0 Å². The third-order valence-electron chi connectivity index (χ3n) is 2.54. The monoisotopic (exact) mass is 322 g/mol. The molecule has 5 heteroatoms. The van der Waals surface area contributed by atoms with E-state index in [2.05, 4.69) is 20.9 Å². The number of hydrogen-bond donors (Lipinski definition) is 1. The number of hydrogen-bond acceptors (Lipinski definition) is 3. The average Bonchev–Trinajstić information content (AvgIpc) is 2.40. The van der Waals surface area contributed by atoms with Gasteiger partial charge in [-0.2, -0.15) is 0 Å². The van der Waals surface area contributed by atoms with Gasteiger partial charge >= 0.3 is 0 Å². The summed E-state index contributed by atoms with van der Waals surface area (Å²) < 4.78 is 19.3.